The highest BCUT2D eigenvalue weighted by atomic mass is 16.3. The number of nitrogen functional groups attached to an aromatic ring is 1. The van der Waals surface area contributed by atoms with Crippen LogP contribution >= 0.6 is 0 Å². The van der Waals surface area contributed by atoms with E-state index in [1.165, 1.54) is 12.0 Å². The summed E-state index contributed by atoms with van der Waals surface area (Å²) in [5.74, 6) is 0.737. The van der Waals surface area contributed by atoms with Crippen LogP contribution in [0.1, 0.15) is 12.0 Å². The number of anilines is 1. The topological polar surface area (TPSA) is 78.1 Å². The highest BCUT2D eigenvalue weighted by Gasteiger charge is 2.04. The van der Waals surface area contributed by atoms with Crippen molar-refractivity contribution in [2.45, 2.75) is 12.8 Å². The first-order valence-electron chi connectivity index (χ1n) is 5.28. The fraction of sp³-hybridized carbons (Fsp3) is 0.250. The largest absolute Gasteiger partial charge is 0.444 e. The van der Waals surface area contributed by atoms with Gasteiger partial charge in [-0.25, -0.2) is 4.98 Å². The molecular weight excluding hydrogens is 202 g/mol. The van der Waals surface area contributed by atoms with E-state index in [0.717, 1.165) is 29.9 Å². The van der Waals surface area contributed by atoms with Crippen LogP contribution in [0.15, 0.2) is 35.2 Å². The summed E-state index contributed by atoms with van der Waals surface area (Å²) >= 11 is 0. The summed E-state index contributed by atoms with van der Waals surface area (Å²) in [5, 5.41) is 0. The van der Waals surface area contributed by atoms with E-state index >= 15 is 0 Å². The van der Waals surface area contributed by atoms with Crippen LogP contribution in [-0.4, -0.2) is 11.5 Å². The molecule has 0 spiro atoms. The molecule has 16 heavy (non-hydrogen) atoms. The predicted octanol–water partition coefficient (Wildman–Crippen LogP) is 1.82. The van der Waals surface area contributed by atoms with Gasteiger partial charge < -0.3 is 15.9 Å². The van der Waals surface area contributed by atoms with E-state index in [2.05, 4.69) is 11.1 Å². The van der Waals surface area contributed by atoms with Gasteiger partial charge in [0.15, 0.2) is 12.2 Å². The molecule has 0 aliphatic carbocycles. The molecule has 0 aliphatic heterocycles. The van der Waals surface area contributed by atoms with Crippen molar-refractivity contribution in [2.24, 2.45) is 5.73 Å². The van der Waals surface area contributed by atoms with Crippen LogP contribution in [0.25, 0.3) is 11.3 Å². The molecule has 0 bridgehead atoms. The van der Waals surface area contributed by atoms with E-state index in [9.17, 15) is 0 Å². The quantitative estimate of drug-likeness (QED) is 0.766. The molecule has 0 saturated heterocycles. The summed E-state index contributed by atoms with van der Waals surface area (Å²) in [6.07, 6.45) is 4.99. The zero-order chi connectivity index (χ0) is 11.4. The Hall–Kier alpha value is -1.81. The number of oxazole rings is 1. The third kappa shape index (κ3) is 2.41. The third-order valence-corrected chi connectivity index (χ3v) is 2.40. The van der Waals surface area contributed by atoms with Crippen LogP contribution in [-0.2, 0) is 6.42 Å². The molecule has 2 rings (SSSR count). The van der Waals surface area contributed by atoms with Crippen LogP contribution in [0.4, 0.5) is 5.69 Å². The van der Waals surface area contributed by atoms with Gasteiger partial charge in [0.2, 0.25) is 0 Å². The molecule has 4 heteroatoms. The maximum absolute atomic E-state index is 5.84. The number of benzene rings is 1. The van der Waals surface area contributed by atoms with Crippen LogP contribution in [0.2, 0.25) is 0 Å². The van der Waals surface area contributed by atoms with Crippen LogP contribution < -0.4 is 11.5 Å². The lowest BCUT2D eigenvalue weighted by atomic mass is 10.0. The molecule has 0 saturated carbocycles. The van der Waals surface area contributed by atoms with Crippen molar-refractivity contribution in [3.8, 4) is 11.3 Å². The van der Waals surface area contributed by atoms with E-state index in [0.29, 0.717) is 6.54 Å². The minimum absolute atomic E-state index is 0.687. The van der Waals surface area contributed by atoms with Crippen LogP contribution in [0.5, 0.6) is 0 Å². The summed E-state index contributed by atoms with van der Waals surface area (Å²) in [4.78, 5) is 3.89. The van der Waals surface area contributed by atoms with Gasteiger partial charge in [0.1, 0.15) is 0 Å². The van der Waals surface area contributed by atoms with E-state index in [-0.39, 0.29) is 0 Å². The SMILES string of the molecule is NCCCc1cc(N)cc(-c2cnco2)c1. The zero-order valence-corrected chi connectivity index (χ0v) is 9.02. The predicted molar refractivity (Wildman–Crippen MR) is 63.7 cm³/mol. The lowest BCUT2D eigenvalue weighted by Gasteiger charge is -2.05. The summed E-state index contributed by atoms with van der Waals surface area (Å²) in [7, 11) is 0. The molecule has 0 aliphatic rings. The Morgan fingerprint density at radius 1 is 1.25 bits per heavy atom. The lowest BCUT2D eigenvalue weighted by molar-refractivity contribution is 0.572. The molecule has 0 atom stereocenters. The van der Waals surface area contributed by atoms with Crippen LogP contribution in [0, 0.1) is 0 Å². The minimum Gasteiger partial charge on any atom is -0.444 e. The monoisotopic (exact) mass is 217 g/mol. The molecule has 0 radical (unpaired) electrons. The maximum atomic E-state index is 5.84. The minimum atomic E-state index is 0.687. The lowest BCUT2D eigenvalue weighted by Crippen LogP contribution is -2.01. The fourth-order valence-electron chi connectivity index (χ4n) is 1.67. The molecule has 0 amide bonds. The van der Waals surface area contributed by atoms with Crippen molar-refractivity contribution < 1.29 is 4.42 Å². The summed E-state index contributed by atoms with van der Waals surface area (Å²) < 4.78 is 5.24. The Morgan fingerprint density at radius 2 is 2.12 bits per heavy atom. The zero-order valence-electron chi connectivity index (χ0n) is 9.02. The molecule has 2 aromatic rings. The van der Waals surface area contributed by atoms with Crippen molar-refractivity contribution in [1.82, 2.24) is 4.98 Å². The van der Waals surface area contributed by atoms with Crippen molar-refractivity contribution in [3.05, 3.63) is 36.4 Å². The number of nitrogens with zero attached hydrogens (tertiary/aromatic N) is 1. The van der Waals surface area contributed by atoms with E-state index in [1.54, 1.807) is 6.20 Å². The molecule has 0 unspecified atom stereocenters. The van der Waals surface area contributed by atoms with Crippen molar-refractivity contribution in [1.29, 1.82) is 0 Å². The van der Waals surface area contributed by atoms with Gasteiger partial charge in [0.05, 0.1) is 6.20 Å². The summed E-state index contributed by atoms with van der Waals surface area (Å²) in [5.41, 5.74) is 14.2. The molecule has 84 valence electrons. The number of hydrogen-bond acceptors (Lipinski definition) is 4. The Labute approximate surface area is 94.3 Å². The number of hydrogen-bond donors (Lipinski definition) is 2. The van der Waals surface area contributed by atoms with Gasteiger partial charge in [-0.3, -0.25) is 0 Å². The van der Waals surface area contributed by atoms with Gasteiger partial charge in [-0.2, -0.15) is 0 Å². The number of aryl methyl sites for hydroxylation is 1. The third-order valence-electron chi connectivity index (χ3n) is 2.40. The molecule has 4 N–H and O–H groups in total. The molecular formula is C12H15N3O. The van der Waals surface area contributed by atoms with Crippen molar-refractivity contribution in [2.75, 3.05) is 12.3 Å². The van der Waals surface area contributed by atoms with E-state index in [1.807, 2.05) is 12.1 Å². The average molecular weight is 217 g/mol. The Balaban J connectivity index is 2.29. The second kappa shape index (κ2) is 4.81. The first-order chi connectivity index (χ1) is 7.79. The highest BCUT2D eigenvalue weighted by Crippen LogP contribution is 2.23. The van der Waals surface area contributed by atoms with Crippen molar-refractivity contribution >= 4 is 5.69 Å². The molecule has 1 aromatic carbocycles. The Kier molecular flexibility index (Phi) is 3.22. The van der Waals surface area contributed by atoms with E-state index < -0.39 is 0 Å². The highest BCUT2D eigenvalue weighted by molar-refractivity contribution is 5.63. The van der Waals surface area contributed by atoms with E-state index in [4.69, 9.17) is 15.9 Å². The second-order valence-electron chi connectivity index (χ2n) is 3.72. The smallest absolute Gasteiger partial charge is 0.181 e. The molecule has 0 fully saturated rings. The van der Waals surface area contributed by atoms with Gasteiger partial charge in [-0.15, -0.1) is 0 Å². The molecule has 1 aromatic heterocycles. The Bertz CT molecular complexity index is 451. The average Bonchev–Trinajstić information content (AvgIpc) is 2.79. The Morgan fingerprint density at radius 3 is 2.81 bits per heavy atom. The first kappa shape index (κ1) is 10.7. The maximum Gasteiger partial charge on any atom is 0.181 e. The number of nitrogens with two attached hydrogens (primary N) is 2. The van der Waals surface area contributed by atoms with Gasteiger partial charge in [-0.1, -0.05) is 0 Å². The fourth-order valence-corrected chi connectivity index (χ4v) is 1.67. The molecule has 4 nitrogen and oxygen atoms in total. The van der Waals surface area contributed by atoms with Gasteiger partial charge in [0, 0.05) is 11.3 Å². The summed E-state index contributed by atoms with van der Waals surface area (Å²) in [6, 6.07) is 5.91. The summed E-state index contributed by atoms with van der Waals surface area (Å²) in [6.45, 7) is 0.687. The van der Waals surface area contributed by atoms with Crippen molar-refractivity contribution in [3.63, 3.8) is 0 Å². The molecule has 1 heterocycles. The number of aromatic nitrogens is 1. The second-order valence-corrected chi connectivity index (χ2v) is 3.72. The van der Waals surface area contributed by atoms with Gasteiger partial charge in [-0.05, 0) is 43.1 Å². The van der Waals surface area contributed by atoms with Gasteiger partial charge >= 0.3 is 0 Å². The van der Waals surface area contributed by atoms with Crippen LogP contribution in [0.3, 0.4) is 0 Å². The standard InChI is InChI=1S/C12H15N3O/c13-3-1-2-9-4-10(6-11(14)5-9)12-7-15-8-16-12/h4-8H,1-3,13-14H2. The van der Waals surface area contributed by atoms with Gasteiger partial charge in [0.25, 0.3) is 0 Å². The number of rotatable bonds is 4. The first-order valence-corrected chi connectivity index (χ1v) is 5.28. The normalized spacial score (nSPS) is 10.6.